The van der Waals surface area contributed by atoms with E-state index < -0.39 is 10.0 Å². The van der Waals surface area contributed by atoms with Gasteiger partial charge in [0, 0.05) is 38.4 Å². The third-order valence-electron chi connectivity index (χ3n) is 4.99. The highest BCUT2D eigenvalue weighted by atomic mass is 32.2. The molecule has 4 rings (SSSR count). The van der Waals surface area contributed by atoms with E-state index in [-0.39, 0.29) is 6.04 Å². The molecule has 0 bridgehead atoms. The van der Waals surface area contributed by atoms with E-state index in [1.807, 2.05) is 0 Å². The number of hydrogen-bond donors (Lipinski definition) is 1. The van der Waals surface area contributed by atoms with Crippen LogP contribution >= 0.6 is 0 Å². The highest BCUT2D eigenvalue weighted by molar-refractivity contribution is 7.89. The van der Waals surface area contributed by atoms with Gasteiger partial charge >= 0.3 is 0 Å². The summed E-state index contributed by atoms with van der Waals surface area (Å²) in [5, 5.41) is 0. The van der Waals surface area contributed by atoms with E-state index in [4.69, 9.17) is 4.74 Å². The molecule has 1 aromatic heterocycles. The van der Waals surface area contributed by atoms with Gasteiger partial charge in [-0.25, -0.2) is 13.4 Å². The third kappa shape index (κ3) is 2.94. The van der Waals surface area contributed by atoms with Crippen molar-refractivity contribution in [1.29, 1.82) is 0 Å². The number of nitrogens with zero attached hydrogens (tertiary/aromatic N) is 3. The summed E-state index contributed by atoms with van der Waals surface area (Å²) >= 11 is 0. The number of imidazole rings is 1. The Morgan fingerprint density at radius 2 is 2.24 bits per heavy atom. The van der Waals surface area contributed by atoms with Crippen molar-refractivity contribution in [3.63, 3.8) is 0 Å². The van der Waals surface area contributed by atoms with E-state index in [0.717, 1.165) is 30.1 Å². The zero-order valence-electron chi connectivity index (χ0n) is 14.2. The Kier molecular flexibility index (Phi) is 4.26. The first-order valence-electron chi connectivity index (χ1n) is 8.59. The van der Waals surface area contributed by atoms with Gasteiger partial charge in [-0.15, -0.1) is 0 Å². The molecule has 1 saturated heterocycles. The molecule has 8 heteroatoms. The summed E-state index contributed by atoms with van der Waals surface area (Å²) in [5.74, 6) is 1.60. The first-order chi connectivity index (χ1) is 12.1. The maximum atomic E-state index is 13.1. The molecule has 0 spiro atoms. The number of benzene rings is 1. The fraction of sp³-hybridized carbons (Fsp3) is 0.471. The molecule has 0 aliphatic carbocycles. The number of rotatable bonds is 4. The number of sulfonamides is 1. The molecule has 3 heterocycles. The van der Waals surface area contributed by atoms with Gasteiger partial charge < -0.3 is 9.72 Å². The Bertz CT molecular complexity index is 851. The molecule has 1 fully saturated rings. The molecule has 0 saturated carbocycles. The molecule has 7 nitrogen and oxygen atoms in total. The standard InChI is InChI=1S/C17H22N4O3S/c1-2-20-8-9-21(12-15(20)17-18-6-7-19-17)25(22,23)14-3-4-16-13(11-14)5-10-24-16/h3-4,6-7,11,15H,2,5,8-10,12H2,1H3,(H,18,19)/t15-/m1/s1. The lowest BCUT2D eigenvalue weighted by atomic mass is 10.2. The van der Waals surface area contributed by atoms with Gasteiger partial charge in [0.2, 0.25) is 10.0 Å². The molecule has 134 valence electrons. The quantitative estimate of drug-likeness (QED) is 0.890. The van der Waals surface area contributed by atoms with Gasteiger partial charge in [0.1, 0.15) is 11.6 Å². The summed E-state index contributed by atoms with van der Waals surface area (Å²) < 4.78 is 33.3. The van der Waals surface area contributed by atoms with Crippen molar-refractivity contribution in [2.24, 2.45) is 0 Å². The minimum atomic E-state index is -3.53. The molecule has 25 heavy (non-hydrogen) atoms. The van der Waals surface area contributed by atoms with E-state index in [1.165, 1.54) is 0 Å². The summed E-state index contributed by atoms with van der Waals surface area (Å²) in [6, 6.07) is 5.11. The number of fused-ring (bicyclic) bond motifs is 1. The van der Waals surface area contributed by atoms with E-state index in [1.54, 1.807) is 34.9 Å². The van der Waals surface area contributed by atoms with Crippen LogP contribution in [0.1, 0.15) is 24.4 Å². The summed E-state index contributed by atoms with van der Waals surface area (Å²) in [7, 11) is -3.53. The van der Waals surface area contributed by atoms with Crippen molar-refractivity contribution in [2.75, 3.05) is 32.8 Å². The summed E-state index contributed by atoms with van der Waals surface area (Å²) in [4.78, 5) is 10.1. The molecule has 0 radical (unpaired) electrons. The SMILES string of the molecule is CCN1CCN(S(=O)(=O)c2ccc3c(c2)CCO3)C[C@@H]1c1ncc[nH]1. The maximum absolute atomic E-state index is 13.1. The van der Waals surface area contributed by atoms with Crippen LogP contribution < -0.4 is 4.74 Å². The van der Waals surface area contributed by atoms with Gasteiger partial charge in [-0.2, -0.15) is 4.31 Å². The van der Waals surface area contributed by atoms with Crippen LogP contribution in [0.4, 0.5) is 0 Å². The number of piperazine rings is 1. The normalized spacial score (nSPS) is 21.9. The van der Waals surface area contributed by atoms with Gasteiger partial charge in [-0.05, 0) is 30.3 Å². The van der Waals surface area contributed by atoms with Crippen molar-refractivity contribution >= 4 is 10.0 Å². The highest BCUT2D eigenvalue weighted by Crippen LogP contribution is 2.31. The Balaban J connectivity index is 1.62. The van der Waals surface area contributed by atoms with Gasteiger partial charge in [-0.1, -0.05) is 6.92 Å². The Hall–Kier alpha value is -1.90. The minimum Gasteiger partial charge on any atom is -0.493 e. The topological polar surface area (TPSA) is 78.5 Å². The summed E-state index contributed by atoms with van der Waals surface area (Å²) in [5.41, 5.74) is 0.968. The van der Waals surface area contributed by atoms with Crippen LogP contribution in [0.2, 0.25) is 0 Å². The van der Waals surface area contributed by atoms with E-state index >= 15 is 0 Å². The van der Waals surface area contributed by atoms with Crippen LogP contribution in [0.25, 0.3) is 0 Å². The number of aromatic nitrogens is 2. The number of H-pyrrole nitrogens is 1. The smallest absolute Gasteiger partial charge is 0.243 e. The summed E-state index contributed by atoms with van der Waals surface area (Å²) in [6.07, 6.45) is 4.24. The van der Waals surface area contributed by atoms with Crippen molar-refractivity contribution in [3.8, 4) is 5.75 Å². The van der Waals surface area contributed by atoms with Crippen molar-refractivity contribution in [1.82, 2.24) is 19.2 Å². The zero-order chi connectivity index (χ0) is 17.4. The zero-order valence-corrected chi connectivity index (χ0v) is 15.0. The lowest BCUT2D eigenvalue weighted by Gasteiger charge is -2.39. The van der Waals surface area contributed by atoms with Crippen molar-refractivity contribution in [3.05, 3.63) is 42.0 Å². The minimum absolute atomic E-state index is 0.0544. The molecule has 0 unspecified atom stereocenters. The number of hydrogen-bond acceptors (Lipinski definition) is 5. The number of aromatic amines is 1. The Labute approximate surface area is 147 Å². The molecule has 1 atom stereocenters. The number of ether oxygens (including phenoxy) is 1. The predicted octanol–water partition coefficient (Wildman–Crippen LogP) is 1.41. The fourth-order valence-corrected chi connectivity index (χ4v) is 5.07. The second kappa shape index (κ2) is 6.44. The van der Waals surface area contributed by atoms with Gasteiger partial charge in [-0.3, -0.25) is 4.90 Å². The lowest BCUT2D eigenvalue weighted by Crippen LogP contribution is -2.50. The molecule has 2 aromatic rings. The second-order valence-corrected chi connectivity index (χ2v) is 8.29. The van der Waals surface area contributed by atoms with Crippen molar-refractivity contribution in [2.45, 2.75) is 24.3 Å². The van der Waals surface area contributed by atoms with Gasteiger partial charge in [0.25, 0.3) is 0 Å². The first kappa shape index (κ1) is 16.6. The average molecular weight is 362 g/mol. The summed E-state index contributed by atoms with van der Waals surface area (Å²) in [6.45, 7) is 5.14. The molecule has 2 aliphatic rings. The number of likely N-dealkylation sites (N-methyl/N-ethyl adjacent to an activating group) is 1. The van der Waals surface area contributed by atoms with Crippen LogP contribution in [-0.2, 0) is 16.4 Å². The van der Waals surface area contributed by atoms with Crippen molar-refractivity contribution < 1.29 is 13.2 Å². The number of nitrogens with one attached hydrogen (secondary N) is 1. The molecular weight excluding hydrogens is 340 g/mol. The monoisotopic (exact) mass is 362 g/mol. The largest absolute Gasteiger partial charge is 0.493 e. The molecule has 1 N–H and O–H groups in total. The molecule has 2 aliphatic heterocycles. The highest BCUT2D eigenvalue weighted by Gasteiger charge is 2.35. The van der Waals surface area contributed by atoms with Crippen LogP contribution in [0, 0.1) is 0 Å². The molecular formula is C17H22N4O3S. The fourth-order valence-electron chi connectivity index (χ4n) is 3.58. The Morgan fingerprint density at radius 3 is 3.00 bits per heavy atom. The van der Waals surface area contributed by atoms with Crippen LogP contribution in [-0.4, -0.2) is 60.4 Å². The Morgan fingerprint density at radius 1 is 1.36 bits per heavy atom. The van der Waals surface area contributed by atoms with Gasteiger partial charge in [0.05, 0.1) is 17.5 Å². The maximum Gasteiger partial charge on any atom is 0.243 e. The third-order valence-corrected chi connectivity index (χ3v) is 6.85. The lowest BCUT2D eigenvalue weighted by molar-refractivity contribution is 0.119. The van der Waals surface area contributed by atoms with Crippen LogP contribution in [0.5, 0.6) is 5.75 Å². The predicted molar refractivity (Wildman–Crippen MR) is 93.0 cm³/mol. The van der Waals surface area contributed by atoms with Crippen LogP contribution in [0.15, 0.2) is 35.5 Å². The van der Waals surface area contributed by atoms with E-state index in [0.29, 0.717) is 31.1 Å². The first-order valence-corrected chi connectivity index (χ1v) is 10.0. The van der Waals surface area contributed by atoms with Crippen LogP contribution in [0.3, 0.4) is 0 Å². The van der Waals surface area contributed by atoms with Gasteiger partial charge in [0.15, 0.2) is 0 Å². The molecule has 0 amide bonds. The van der Waals surface area contributed by atoms with E-state index in [2.05, 4.69) is 21.8 Å². The second-order valence-electron chi connectivity index (χ2n) is 6.35. The van der Waals surface area contributed by atoms with E-state index in [9.17, 15) is 8.42 Å². The molecule has 1 aromatic carbocycles. The average Bonchev–Trinajstić information content (AvgIpc) is 3.31.